The summed E-state index contributed by atoms with van der Waals surface area (Å²) >= 11 is 0. The Morgan fingerprint density at radius 3 is 2.17 bits per heavy atom. The van der Waals surface area contributed by atoms with Gasteiger partial charge in [-0.25, -0.2) is 13.8 Å². The van der Waals surface area contributed by atoms with Gasteiger partial charge in [0.15, 0.2) is 0 Å². The monoisotopic (exact) mass is 653 g/mol. The molecule has 0 unspecified atom stereocenters. The Morgan fingerprint density at radius 1 is 0.957 bits per heavy atom. The van der Waals surface area contributed by atoms with Crippen LogP contribution < -0.4 is 9.64 Å². The second-order valence-electron chi connectivity index (χ2n) is 14.6. The minimum Gasteiger partial charge on any atom is -0.491 e. The summed E-state index contributed by atoms with van der Waals surface area (Å²) in [5, 5.41) is 0. The van der Waals surface area contributed by atoms with Gasteiger partial charge in [0, 0.05) is 48.5 Å². The van der Waals surface area contributed by atoms with E-state index in [9.17, 15) is 22.4 Å². The molecule has 0 radical (unpaired) electrons. The number of fused-ring (bicyclic) bond motifs is 3. The molecule has 0 saturated heterocycles. The zero-order chi connectivity index (χ0) is 33.6. The maximum Gasteiger partial charge on any atom is 0.345 e. The third-order valence-corrected chi connectivity index (χ3v) is 10.6. The summed E-state index contributed by atoms with van der Waals surface area (Å²) in [7, 11) is 0. The molecule has 2 aromatic heterocycles. The minimum atomic E-state index is -2.94. The molecular formula is C37H43F4N3O3. The lowest BCUT2D eigenvalue weighted by molar-refractivity contribution is -0.237. The van der Waals surface area contributed by atoms with Crippen LogP contribution in [-0.4, -0.2) is 40.7 Å². The van der Waals surface area contributed by atoms with Crippen LogP contribution in [0.15, 0.2) is 60.9 Å². The van der Waals surface area contributed by atoms with Crippen molar-refractivity contribution in [3.05, 3.63) is 72.2 Å². The summed E-state index contributed by atoms with van der Waals surface area (Å²) in [6, 6.07) is 14.9. The van der Waals surface area contributed by atoms with Gasteiger partial charge in [-0.05, 0) is 125 Å². The first kappa shape index (κ1) is 33.4. The van der Waals surface area contributed by atoms with Crippen molar-refractivity contribution < 1.29 is 31.8 Å². The van der Waals surface area contributed by atoms with E-state index in [1.165, 1.54) is 12.3 Å². The number of amides is 1. The Hall–Kier alpha value is -3.53. The molecule has 0 atom stereocenters. The molecule has 7 rings (SSSR count). The van der Waals surface area contributed by atoms with E-state index in [1.54, 1.807) is 24.1 Å². The fourth-order valence-corrected chi connectivity index (χ4v) is 7.89. The number of alkyl halides is 4. The number of halogens is 4. The van der Waals surface area contributed by atoms with Crippen molar-refractivity contribution in [1.82, 2.24) is 9.97 Å². The van der Waals surface area contributed by atoms with Crippen molar-refractivity contribution in [2.75, 3.05) is 11.4 Å². The fraction of sp³-hybridized carbons (Fsp3) is 0.541. The first-order chi connectivity index (χ1) is 22.2. The highest BCUT2D eigenvalue weighted by molar-refractivity contribution is 5.95. The second-order valence-corrected chi connectivity index (χ2v) is 14.6. The van der Waals surface area contributed by atoms with Crippen molar-refractivity contribution in [2.24, 2.45) is 11.3 Å². The second kappa shape index (κ2) is 12.5. The predicted octanol–water partition coefficient (Wildman–Crippen LogP) is 9.08. The molecule has 10 heteroatoms. The van der Waals surface area contributed by atoms with Gasteiger partial charge in [-0.15, -0.1) is 0 Å². The van der Waals surface area contributed by atoms with Gasteiger partial charge >= 0.3 is 6.61 Å². The number of pyridine rings is 2. The van der Waals surface area contributed by atoms with E-state index in [-0.39, 0.29) is 41.2 Å². The molecule has 6 nitrogen and oxygen atoms in total. The third kappa shape index (κ3) is 7.03. The van der Waals surface area contributed by atoms with Crippen molar-refractivity contribution in [2.45, 2.75) is 109 Å². The summed E-state index contributed by atoms with van der Waals surface area (Å²) in [5.74, 6) is -2.20. The molecule has 0 N–H and O–H groups in total. The van der Waals surface area contributed by atoms with Crippen LogP contribution in [-0.2, 0) is 20.9 Å². The number of ether oxygens (including phenoxy) is 2. The number of anilines is 1. The Kier molecular flexibility index (Phi) is 8.87. The van der Waals surface area contributed by atoms with Gasteiger partial charge < -0.3 is 9.47 Å². The molecule has 0 spiro atoms. The van der Waals surface area contributed by atoms with Crippen LogP contribution in [0.4, 0.5) is 23.4 Å². The van der Waals surface area contributed by atoms with Gasteiger partial charge in [-0.1, -0.05) is 12.1 Å². The molecule has 2 heterocycles. The average Bonchev–Trinajstić information content (AvgIpc) is 3.02. The van der Waals surface area contributed by atoms with E-state index in [4.69, 9.17) is 9.47 Å². The van der Waals surface area contributed by atoms with Gasteiger partial charge in [-0.3, -0.25) is 14.7 Å². The van der Waals surface area contributed by atoms with Gasteiger partial charge in [0.05, 0.1) is 11.7 Å². The van der Waals surface area contributed by atoms with Gasteiger partial charge in [0.2, 0.25) is 5.91 Å². The van der Waals surface area contributed by atoms with Crippen LogP contribution >= 0.6 is 0 Å². The fourth-order valence-electron chi connectivity index (χ4n) is 7.89. The topological polar surface area (TPSA) is 64.5 Å². The highest BCUT2D eigenvalue weighted by atomic mass is 19.3. The standard InChI is InChI=1S/C37H43F4N3O3/c1-24(2)46-29-8-5-25(6-9-29)26-11-18-42-31(19-26)44(32(45)27-20-34(3,21-27)47-33(38)39)23-36-12-15-37(16-13-36,17-14-36)30-10-7-28(22-43-30)35(4,40)41/h5-11,18-19,22,24,27,33H,12-17,20-21,23H2,1-4H3/t27?,34?,36-,37+. The van der Waals surface area contributed by atoms with Crippen LogP contribution in [0.5, 0.6) is 5.75 Å². The number of carbonyl (C=O) groups is 1. The van der Waals surface area contributed by atoms with E-state index >= 15 is 0 Å². The summed E-state index contributed by atoms with van der Waals surface area (Å²) in [4.78, 5) is 25.1. The lowest BCUT2D eigenvalue weighted by atomic mass is 9.52. The molecule has 47 heavy (non-hydrogen) atoms. The quantitative estimate of drug-likeness (QED) is 0.193. The molecule has 252 valence electrons. The molecule has 0 aliphatic heterocycles. The smallest absolute Gasteiger partial charge is 0.345 e. The lowest BCUT2D eigenvalue weighted by Gasteiger charge is -2.55. The van der Waals surface area contributed by atoms with Crippen LogP contribution in [0.2, 0.25) is 0 Å². The Bertz CT molecular complexity index is 1540. The molecule has 4 saturated carbocycles. The van der Waals surface area contributed by atoms with Crippen LogP contribution in [0.25, 0.3) is 11.1 Å². The molecular weight excluding hydrogens is 610 g/mol. The largest absolute Gasteiger partial charge is 0.491 e. The normalized spacial score (nSPS) is 27.1. The Balaban J connectivity index is 1.24. The highest BCUT2D eigenvalue weighted by Crippen LogP contribution is 2.58. The van der Waals surface area contributed by atoms with Crippen molar-refractivity contribution >= 4 is 11.7 Å². The van der Waals surface area contributed by atoms with Gasteiger partial charge in [0.1, 0.15) is 11.6 Å². The zero-order valence-corrected chi connectivity index (χ0v) is 27.4. The van der Waals surface area contributed by atoms with E-state index in [2.05, 4.69) is 9.97 Å². The van der Waals surface area contributed by atoms with E-state index in [1.807, 2.05) is 50.2 Å². The van der Waals surface area contributed by atoms with E-state index in [0.717, 1.165) is 68.0 Å². The number of hydrogen-bond acceptors (Lipinski definition) is 5. The number of aromatic nitrogens is 2. The van der Waals surface area contributed by atoms with Crippen LogP contribution in [0, 0.1) is 11.3 Å². The Morgan fingerprint density at radius 2 is 1.62 bits per heavy atom. The van der Waals surface area contributed by atoms with Crippen LogP contribution in [0.3, 0.4) is 0 Å². The zero-order valence-electron chi connectivity index (χ0n) is 27.4. The number of nitrogens with zero attached hydrogens (tertiary/aromatic N) is 3. The molecule has 1 amide bonds. The molecule has 4 fully saturated rings. The van der Waals surface area contributed by atoms with Gasteiger partial charge in [-0.2, -0.15) is 8.78 Å². The summed E-state index contributed by atoms with van der Waals surface area (Å²) in [5.41, 5.74) is 1.29. The van der Waals surface area contributed by atoms with Crippen molar-refractivity contribution in [1.29, 1.82) is 0 Å². The molecule has 2 bridgehead atoms. The number of hydrogen-bond donors (Lipinski definition) is 0. The molecule has 4 aliphatic carbocycles. The number of benzene rings is 1. The predicted molar refractivity (Wildman–Crippen MR) is 172 cm³/mol. The molecule has 3 aromatic rings. The lowest BCUT2D eigenvalue weighted by Crippen LogP contribution is -2.55. The van der Waals surface area contributed by atoms with Crippen LogP contribution in [0.1, 0.15) is 90.3 Å². The molecule has 4 aliphatic rings. The third-order valence-electron chi connectivity index (χ3n) is 10.6. The van der Waals surface area contributed by atoms with Gasteiger partial charge in [0.25, 0.3) is 5.92 Å². The summed E-state index contributed by atoms with van der Waals surface area (Å²) < 4.78 is 64.4. The first-order valence-corrected chi connectivity index (χ1v) is 16.5. The number of carbonyl (C=O) groups excluding carboxylic acids is 1. The molecule has 1 aromatic carbocycles. The maximum atomic E-state index is 14.2. The van der Waals surface area contributed by atoms with E-state index in [0.29, 0.717) is 12.4 Å². The SMILES string of the molecule is CC(C)Oc1ccc(-c2ccnc(N(C[C@]34CC[C@](c5ccc(C(C)(F)F)cn5)(CC3)CC4)C(=O)C3CC(C)(OC(F)F)C3)c2)cc1. The Labute approximate surface area is 273 Å². The maximum absolute atomic E-state index is 14.2. The van der Waals surface area contributed by atoms with E-state index < -0.39 is 24.1 Å². The first-order valence-electron chi connectivity index (χ1n) is 16.5. The highest BCUT2D eigenvalue weighted by Gasteiger charge is 2.53. The van der Waals surface area contributed by atoms with Crippen molar-refractivity contribution in [3.8, 4) is 16.9 Å². The summed E-state index contributed by atoms with van der Waals surface area (Å²) in [6.45, 7) is 4.03. The minimum absolute atomic E-state index is 0.0578. The summed E-state index contributed by atoms with van der Waals surface area (Å²) in [6.07, 6.45) is 8.64. The number of rotatable bonds is 11. The average molecular weight is 654 g/mol. The van der Waals surface area contributed by atoms with Crippen molar-refractivity contribution in [3.63, 3.8) is 0 Å².